The van der Waals surface area contributed by atoms with Gasteiger partial charge in [0.25, 0.3) is 5.89 Å². The van der Waals surface area contributed by atoms with Crippen LogP contribution in [0.2, 0.25) is 5.02 Å². The first kappa shape index (κ1) is 18.3. The van der Waals surface area contributed by atoms with Crippen molar-refractivity contribution in [1.29, 1.82) is 0 Å². The van der Waals surface area contributed by atoms with Crippen LogP contribution < -0.4 is 4.74 Å². The van der Waals surface area contributed by atoms with Gasteiger partial charge in [-0.05, 0) is 36.8 Å². The summed E-state index contributed by atoms with van der Waals surface area (Å²) in [7, 11) is 0. The molecule has 0 aliphatic carbocycles. The number of nitrogens with one attached hydrogen (secondary N) is 1. The minimum Gasteiger partial charge on any atom is -0.493 e. The number of hydrogen-bond acceptors (Lipinski definition) is 5. The third-order valence-electron chi connectivity index (χ3n) is 4.24. The Labute approximate surface area is 167 Å². The second-order valence-corrected chi connectivity index (χ2v) is 6.73. The zero-order valence-electron chi connectivity index (χ0n) is 15.4. The quantitative estimate of drug-likeness (QED) is 0.411. The third-order valence-corrected chi connectivity index (χ3v) is 4.47. The first-order valence-corrected chi connectivity index (χ1v) is 9.50. The fourth-order valence-electron chi connectivity index (χ4n) is 2.78. The monoisotopic (exact) mass is 394 g/mol. The lowest BCUT2D eigenvalue weighted by Crippen LogP contribution is -1.98. The molecular formula is C21H19ClN4O2. The van der Waals surface area contributed by atoms with E-state index in [1.165, 1.54) is 0 Å². The Morgan fingerprint density at radius 2 is 2.00 bits per heavy atom. The van der Waals surface area contributed by atoms with Crippen molar-refractivity contribution in [2.75, 3.05) is 6.61 Å². The van der Waals surface area contributed by atoms with Crippen molar-refractivity contribution in [3.63, 3.8) is 0 Å². The summed E-state index contributed by atoms with van der Waals surface area (Å²) in [6.07, 6.45) is 2.09. The van der Waals surface area contributed by atoms with E-state index in [2.05, 4.69) is 27.3 Å². The van der Waals surface area contributed by atoms with Crippen LogP contribution in [0, 0.1) is 0 Å². The molecule has 2 aromatic heterocycles. The van der Waals surface area contributed by atoms with Crippen LogP contribution in [0.4, 0.5) is 0 Å². The van der Waals surface area contributed by atoms with E-state index in [-0.39, 0.29) is 0 Å². The number of ether oxygens (including phenoxy) is 1. The summed E-state index contributed by atoms with van der Waals surface area (Å²) in [6.45, 7) is 2.81. The molecule has 6 nitrogen and oxygen atoms in total. The Bertz CT molecular complexity index is 1070. The largest absolute Gasteiger partial charge is 0.493 e. The fourth-order valence-corrected chi connectivity index (χ4v) is 2.97. The second kappa shape index (κ2) is 8.27. The highest BCUT2D eigenvalue weighted by molar-refractivity contribution is 6.30. The van der Waals surface area contributed by atoms with Crippen molar-refractivity contribution in [3.8, 4) is 40.0 Å². The predicted octanol–water partition coefficient (Wildman–Crippen LogP) is 5.63. The maximum Gasteiger partial charge on any atom is 0.276 e. The van der Waals surface area contributed by atoms with Gasteiger partial charge in [-0.3, -0.25) is 5.10 Å². The molecule has 1 N–H and O–H groups in total. The molecule has 0 saturated heterocycles. The number of para-hydroxylation sites is 1. The molecule has 0 bridgehead atoms. The summed E-state index contributed by atoms with van der Waals surface area (Å²) >= 11 is 6.04. The van der Waals surface area contributed by atoms with Crippen LogP contribution in [0.3, 0.4) is 0 Å². The summed E-state index contributed by atoms with van der Waals surface area (Å²) in [5.41, 5.74) is 3.09. The Morgan fingerprint density at radius 3 is 2.86 bits per heavy atom. The average Bonchev–Trinajstić information content (AvgIpc) is 3.38. The van der Waals surface area contributed by atoms with Crippen LogP contribution in [-0.2, 0) is 0 Å². The van der Waals surface area contributed by atoms with Gasteiger partial charge in [0, 0.05) is 16.1 Å². The number of benzene rings is 2. The lowest BCUT2D eigenvalue weighted by molar-refractivity contribution is 0.310. The molecule has 0 fully saturated rings. The van der Waals surface area contributed by atoms with Crippen LogP contribution in [-0.4, -0.2) is 26.9 Å². The SMILES string of the molecule is CCCCOc1ccccc1-c1cc(-c2nc(-c3cccc(Cl)c3)no2)[nH]n1. The molecule has 0 aliphatic rings. The van der Waals surface area contributed by atoms with Gasteiger partial charge in [0.05, 0.1) is 12.3 Å². The number of nitrogens with zero attached hydrogens (tertiary/aromatic N) is 3. The maximum absolute atomic E-state index is 6.04. The molecule has 4 aromatic rings. The highest BCUT2D eigenvalue weighted by atomic mass is 35.5. The Morgan fingerprint density at radius 1 is 1.11 bits per heavy atom. The molecule has 0 atom stereocenters. The lowest BCUT2D eigenvalue weighted by atomic mass is 10.1. The normalized spacial score (nSPS) is 10.9. The van der Waals surface area contributed by atoms with Gasteiger partial charge in [0.1, 0.15) is 11.4 Å². The number of halogens is 1. The van der Waals surface area contributed by atoms with E-state index < -0.39 is 0 Å². The number of rotatable bonds is 7. The first-order valence-electron chi connectivity index (χ1n) is 9.12. The minimum absolute atomic E-state index is 0.359. The molecule has 7 heteroatoms. The summed E-state index contributed by atoms with van der Waals surface area (Å²) in [5.74, 6) is 1.63. The fraction of sp³-hybridized carbons (Fsp3) is 0.190. The van der Waals surface area contributed by atoms with Gasteiger partial charge in [-0.25, -0.2) is 0 Å². The highest BCUT2D eigenvalue weighted by Gasteiger charge is 2.16. The van der Waals surface area contributed by atoms with E-state index in [0.717, 1.165) is 35.4 Å². The number of unbranched alkanes of at least 4 members (excludes halogenated alkanes) is 1. The van der Waals surface area contributed by atoms with E-state index in [0.29, 0.717) is 29.0 Å². The molecule has 28 heavy (non-hydrogen) atoms. The summed E-state index contributed by atoms with van der Waals surface area (Å²) in [5, 5.41) is 12.0. The Kier molecular flexibility index (Phi) is 5.39. The molecule has 2 aromatic carbocycles. The molecular weight excluding hydrogens is 376 g/mol. The predicted molar refractivity (Wildman–Crippen MR) is 108 cm³/mol. The Hall–Kier alpha value is -3.12. The van der Waals surface area contributed by atoms with E-state index >= 15 is 0 Å². The molecule has 0 spiro atoms. The van der Waals surface area contributed by atoms with Gasteiger partial charge < -0.3 is 9.26 Å². The first-order chi connectivity index (χ1) is 13.7. The maximum atomic E-state index is 6.04. The van der Waals surface area contributed by atoms with Crippen molar-refractivity contribution in [2.24, 2.45) is 0 Å². The van der Waals surface area contributed by atoms with E-state index in [4.69, 9.17) is 20.9 Å². The molecule has 0 unspecified atom stereocenters. The van der Waals surface area contributed by atoms with Crippen LogP contribution in [0.1, 0.15) is 19.8 Å². The van der Waals surface area contributed by atoms with Crippen molar-refractivity contribution >= 4 is 11.6 Å². The molecule has 0 radical (unpaired) electrons. The summed E-state index contributed by atoms with van der Waals surface area (Å²) in [6, 6.07) is 17.0. The number of aromatic nitrogens is 4. The van der Waals surface area contributed by atoms with Crippen LogP contribution in [0.15, 0.2) is 59.1 Å². The van der Waals surface area contributed by atoms with Crippen molar-refractivity contribution < 1.29 is 9.26 Å². The van der Waals surface area contributed by atoms with Gasteiger partial charge in [0.15, 0.2) is 0 Å². The van der Waals surface area contributed by atoms with E-state index in [1.807, 2.05) is 42.5 Å². The van der Waals surface area contributed by atoms with E-state index in [9.17, 15) is 0 Å². The van der Waals surface area contributed by atoms with Crippen LogP contribution in [0.25, 0.3) is 34.2 Å². The van der Waals surface area contributed by atoms with Crippen LogP contribution >= 0.6 is 11.6 Å². The van der Waals surface area contributed by atoms with E-state index in [1.54, 1.807) is 12.1 Å². The third kappa shape index (κ3) is 3.92. The Balaban J connectivity index is 1.59. The lowest BCUT2D eigenvalue weighted by Gasteiger charge is -2.09. The second-order valence-electron chi connectivity index (χ2n) is 6.30. The van der Waals surface area contributed by atoms with Crippen molar-refractivity contribution in [1.82, 2.24) is 20.3 Å². The minimum atomic E-state index is 0.359. The summed E-state index contributed by atoms with van der Waals surface area (Å²) < 4.78 is 11.3. The zero-order valence-corrected chi connectivity index (χ0v) is 16.1. The molecule has 2 heterocycles. The van der Waals surface area contributed by atoms with Crippen molar-refractivity contribution in [2.45, 2.75) is 19.8 Å². The highest BCUT2D eigenvalue weighted by Crippen LogP contribution is 2.31. The van der Waals surface area contributed by atoms with Crippen molar-refractivity contribution in [3.05, 3.63) is 59.6 Å². The number of H-pyrrole nitrogens is 1. The number of hydrogen-bond donors (Lipinski definition) is 1. The smallest absolute Gasteiger partial charge is 0.276 e. The van der Waals surface area contributed by atoms with Gasteiger partial charge >= 0.3 is 0 Å². The standard InChI is InChI=1S/C21H19ClN4O2/c1-2-3-11-27-19-10-5-4-9-16(19)17-13-18(25-24-17)21-23-20(26-28-21)14-7-6-8-15(22)12-14/h4-10,12-13H,2-3,11H2,1H3,(H,24,25). The molecule has 0 amide bonds. The zero-order chi connectivity index (χ0) is 19.3. The topological polar surface area (TPSA) is 76.8 Å². The van der Waals surface area contributed by atoms with Gasteiger partial charge in [-0.1, -0.05) is 54.4 Å². The van der Waals surface area contributed by atoms with Crippen LogP contribution in [0.5, 0.6) is 5.75 Å². The van der Waals surface area contributed by atoms with Gasteiger partial charge in [0.2, 0.25) is 5.82 Å². The molecule has 0 aliphatic heterocycles. The molecule has 142 valence electrons. The average molecular weight is 395 g/mol. The molecule has 4 rings (SSSR count). The van der Waals surface area contributed by atoms with Gasteiger partial charge in [-0.15, -0.1) is 0 Å². The number of aromatic amines is 1. The van der Waals surface area contributed by atoms with Gasteiger partial charge in [-0.2, -0.15) is 10.1 Å². The summed E-state index contributed by atoms with van der Waals surface area (Å²) in [4.78, 5) is 4.44. The molecule has 0 saturated carbocycles.